The fourth-order valence-corrected chi connectivity index (χ4v) is 5.54. The van der Waals surface area contributed by atoms with Gasteiger partial charge in [0.2, 0.25) is 17.7 Å². The molecule has 1 aliphatic carbocycles. The molecule has 0 unspecified atom stereocenters. The second kappa shape index (κ2) is 10.8. The van der Waals surface area contributed by atoms with Crippen LogP contribution in [0.1, 0.15) is 47.5 Å². The highest BCUT2D eigenvalue weighted by atomic mass is 32.2. The van der Waals surface area contributed by atoms with Gasteiger partial charge in [-0.1, -0.05) is 17.8 Å². The predicted octanol–water partition coefficient (Wildman–Crippen LogP) is 4.54. The zero-order valence-corrected chi connectivity index (χ0v) is 20.4. The first kappa shape index (κ1) is 24.0. The van der Waals surface area contributed by atoms with Gasteiger partial charge in [-0.05, 0) is 56.4 Å². The van der Waals surface area contributed by atoms with Crippen molar-refractivity contribution in [3.8, 4) is 11.5 Å². The summed E-state index contributed by atoms with van der Waals surface area (Å²) in [7, 11) is 0. The van der Waals surface area contributed by atoms with Crippen LogP contribution in [-0.4, -0.2) is 40.3 Å². The molecule has 178 valence electrons. The Morgan fingerprint density at radius 3 is 2.79 bits per heavy atom. The van der Waals surface area contributed by atoms with E-state index in [1.165, 1.54) is 18.3 Å². The highest BCUT2D eigenvalue weighted by Crippen LogP contribution is 2.38. The van der Waals surface area contributed by atoms with Gasteiger partial charge < -0.3 is 19.8 Å². The number of hydrogen-bond donors (Lipinski definition) is 2. The number of aromatic nitrogens is 2. The number of thioether (sulfide) groups is 1. The molecule has 0 atom stereocenters. The lowest BCUT2D eigenvalue weighted by atomic mass is 9.95. The second-order valence-corrected chi connectivity index (χ2v) is 9.64. The summed E-state index contributed by atoms with van der Waals surface area (Å²) in [5.41, 5.74) is 2.76. The maximum atomic E-state index is 12.6. The summed E-state index contributed by atoms with van der Waals surface area (Å²) in [6.45, 7) is 3.47. The molecule has 2 N–H and O–H groups in total. The molecule has 11 heteroatoms. The fraction of sp³-hybridized carbons (Fsp3) is 0.348. The number of nitrogens with one attached hydrogen (secondary N) is 2. The average Bonchev–Trinajstić information content (AvgIpc) is 3.42. The van der Waals surface area contributed by atoms with Crippen LogP contribution in [0.25, 0.3) is 11.5 Å². The normalized spacial score (nSPS) is 12.6. The molecule has 9 nitrogen and oxygen atoms in total. The largest absolute Gasteiger partial charge is 0.462 e. The molecule has 0 saturated carbocycles. The molecular weight excluding hydrogens is 476 g/mol. The maximum Gasteiger partial charge on any atom is 0.341 e. The average molecular weight is 501 g/mol. The summed E-state index contributed by atoms with van der Waals surface area (Å²) in [5.74, 6) is -0.527. The first-order valence-corrected chi connectivity index (χ1v) is 12.7. The number of amides is 2. The third kappa shape index (κ3) is 5.65. The van der Waals surface area contributed by atoms with Crippen LogP contribution in [0.4, 0.5) is 10.7 Å². The minimum absolute atomic E-state index is 0.0401. The lowest BCUT2D eigenvalue weighted by molar-refractivity contribution is -0.114. The first-order chi connectivity index (χ1) is 16.4. The molecule has 2 amide bonds. The van der Waals surface area contributed by atoms with E-state index in [0.29, 0.717) is 21.8 Å². The Balaban J connectivity index is 1.41. The maximum absolute atomic E-state index is 12.6. The summed E-state index contributed by atoms with van der Waals surface area (Å²) >= 11 is 2.55. The van der Waals surface area contributed by atoms with Gasteiger partial charge in [-0.15, -0.1) is 21.5 Å². The van der Waals surface area contributed by atoms with Gasteiger partial charge in [-0.25, -0.2) is 4.79 Å². The van der Waals surface area contributed by atoms with Crippen LogP contribution in [0, 0.1) is 0 Å². The van der Waals surface area contributed by atoms with Gasteiger partial charge in [-0.2, -0.15) is 0 Å². The molecule has 1 aromatic carbocycles. The van der Waals surface area contributed by atoms with E-state index in [-0.39, 0.29) is 35.3 Å². The number of fused-ring (bicyclic) bond motifs is 1. The van der Waals surface area contributed by atoms with Crippen molar-refractivity contribution < 1.29 is 23.5 Å². The molecule has 4 rings (SSSR count). The van der Waals surface area contributed by atoms with Crippen LogP contribution in [0.5, 0.6) is 0 Å². The second-order valence-electron chi connectivity index (χ2n) is 7.61. The fourth-order valence-electron chi connectivity index (χ4n) is 3.68. The van der Waals surface area contributed by atoms with Gasteiger partial charge >= 0.3 is 5.97 Å². The van der Waals surface area contributed by atoms with Crippen LogP contribution < -0.4 is 10.6 Å². The number of rotatable bonds is 8. The Bertz CT molecular complexity index is 1220. The van der Waals surface area contributed by atoms with Crippen LogP contribution in [0.3, 0.4) is 0 Å². The lowest BCUT2D eigenvalue weighted by Gasteiger charge is -2.12. The van der Waals surface area contributed by atoms with Gasteiger partial charge in [0, 0.05) is 23.1 Å². The molecule has 0 saturated heterocycles. The minimum atomic E-state index is -0.395. The minimum Gasteiger partial charge on any atom is -0.462 e. The van der Waals surface area contributed by atoms with Gasteiger partial charge in [0.25, 0.3) is 5.22 Å². The van der Waals surface area contributed by atoms with E-state index in [9.17, 15) is 14.4 Å². The summed E-state index contributed by atoms with van der Waals surface area (Å²) in [6, 6.07) is 7.04. The van der Waals surface area contributed by atoms with Crippen LogP contribution in [0.15, 0.2) is 33.9 Å². The molecule has 0 bridgehead atoms. The Hall–Kier alpha value is -3.18. The number of anilines is 2. The van der Waals surface area contributed by atoms with Crippen LogP contribution >= 0.6 is 23.1 Å². The number of ether oxygens (including phenoxy) is 1. The summed E-state index contributed by atoms with van der Waals surface area (Å²) < 4.78 is 10.9. The zero-order chi connectivity index (χ0) is 24.1. The summed E-state index contributed by atoms with van der Waals surface area (Å²) in [4.78, 5) is 37.6. The topological polar surface area (TPSA) is 123 Å². The van der Waals surface area contributed by atoms with Crippen molar-refractivity contribution >= 4 is 51.6 Å². The van der Waals surface area contributed by atoms with Crippen molar-refractivity contribution in [2.24, 2.45) is 0 Å². The number of aryl methyl sites for hydroxylation is 1. The molecule has 1 aliphatic rings. The molecule has 2 aromatic heterocycles. The van der Waals surface area contributed by atoms with E-state index < -0.39 is 5.97 Å². The number of thiophene rings is 1. The highest BCUT2D eigenvalue weighted by molar-refractivity contribution is 7.99. The standard InChI is InChI=1S/C23H24N4O5S2/c1-3-31-22(30)19-16-9-4-5-10-17(16)34-21(19)25-18(29)12-33-23-27-26-20(32-23)14-7-6-8-15(11-14)24-13(2)28/h6-8,11H,3-5,9-10,12H2,1-2H3,(H,24,28)(H,25,29). The number of nitrogens with zero attached hydrogens (tertiary/aromatic N) is 2. The van der Waals surface area contributed by atoms with Gasteiger partial charge in [-0.3, -0.25) is 9.59 Å². The Morgan fingerprint density at radius 2 is 2.00 bits per heavy atom. The lowest BCUT2D eigenvalue weighted by Crippen LogP contribution is -2.17. The van der Waals surface area contributed by atoms with E-state index in [1.807, 2.05) is 0 Å². The summed E-state index contributed by atoms with van der Waals surface area (Å²) in [6.07, 6.45) is 3.82. The van der Waals surface area contributed by atoms with E-state index in [1.54, 1.807) is 31.2 Å². The zero-order valence-electron chi connectivity index (χ0n) is 18.8. The van der Waals surface area contributed by atoms with Crippen LogP contribution in [-0.2, 0) is 27.2 Å². The Morgan fingerprint density at radius 1 is 1.18 bits per heavy atom. The van der Waals surface area contributed by atoms with Crippen molar-refractivity contribution in [1.29, 1.82) is 0 Å². The number of esters is 1. The van der Waals surface area contributed by atoms with Crippen molar-refractivity contribution in [1.82, 2.24) is 10.2 Å². The molecule has 0 fully saturated rings. The molecule has 0 spiro atoms. The molecule has 0 aliphatic heterocycles. The van der Waals surface area contributed by atoms with E-state index in [2.05, 4.69) is 20.8 Å². The number of carbonyl (C=O) groups excluding carboxylic acids is 3. The highest BCUT2D eigenvalue weighted by Gasteiger charge is 2.27. The summed E-state index contributed by atoms with van der Waals surface area (Å²) in [5, 5.41) is 14.4. The quantitative estimate of drug-likeness (QED) is 0.341. The Labute approximate surface area is 204 Å². The van der Waals surface area contributed by atoms with E-state index in [4.69, 9.17) is 9.15 Å². The van der Waals surface area contributed by atoms with E-state index >= 15 is 0 Å². The first-order valence-electron chi connectivity index (χ1n) is 10.9. The smallest absolute Gasteiger partial charge is 0.341 e. The van der Waals surface area contributed by atoms with Gasteiger partial charge in [0.15, 0.2) is 0 Å². The van der Waals surface area contributed by atoms with Crippen molar-refractivity contribution in [2.75, 3.05) is 23.0 Å². The van der Waals surface area contributed by atoms with Crippen molar-refractivity contribution in [2.45, 2.75) is 44.8 Å². The number of hydrogen-bond acceptors (Lipinski definition) is 9. The molecule has 2 heterocycles. The molecular formula is C23H24N4O5S2. The number of carbonyl (C=O) groups is 3. The SMILES string of the molecule is CCOC(=O)c1c(NC(=O)CSc2nnc(-c3cccc(NC(C)=O)c3)o2)sc2c1CCCC2. The Kier molecular flexibility index (Phi) is 7.63. The number of benzene rings is 1. The molecule has 0 radical (unpaired) electrons. The van der Waals surface area contributed by atoms with Gasteiger partial charge in [0.05, 0.1) is 17.9 Å². The third-order valence-corrected chi connectivity index (χ3v) is 7.09. The predicted molar refractivity (Wildman–Crippen MR) is 130 cm³/mol. The van der Waals surface area contributed by atoms with E-state index in [0.717, 1.165) is 47.9 Å². The monoisotopic (exact) mass is 500 g/mol. The van der Waals surface area contributed by atoms with Gasteiger partial charge in [0.1, 0.15) is 5.00 Å². The molecule has 3 aromatic rings. The molecule has 34 heavy (non-hydrogen) atoms. The third-order valence-electron chi connectivity index (χ3n) is 5.07. The van der Waals surface area contributed by atoms with Crippen molar-refractivity contribution in [3.05, 3.63) is 40.3 Å². The van der Waals surface area contributed by atoms with Crippen molar-refractivity contribution in [3.63, 3.8) is 0 Å². The van der Waals surface area contributed by atoms with Crippen LogP contribution in [0.2, 0.25) is 0 Å².